The fraction of sp³-hybridized carbons (Fsp3) is 0.143. The average molecular weight is 438 g/mol. The van der Waals surface area contributed by atoms with Crippen molar-refractivity contribution in [1.29, 1.82) is 0 Å². The van der Waals surface area contributed by atoms with Crippen LogP contribution in [0.15, 0.2) is 48.7 Å². The van der Waals surface area contributed by atoms with Crippen molar-refractivity contribution in [3.05, 3.63) is 54.5 Å². The number of amides is 2. The van der Waals surface area contributed by atoms with E-state index in [2.05, 4.69) is 31.2 Å². The van der Waals surface area contributed by atoms with Crippen LogP contribution in [-0.2, 0) is 9.59 Å². The molecule has 11 heteroatoms. The minimum atomic E-state index is -0.656. The second-order valence-electron chi connectivity index (χ2n) is 6.68. The van der Waals surface area contributed by atoms with E-state index in [0.717, 1.165) is 6.20 Å². The number of carbonyl (C=O) groups is 2. The summed E-state index contributed by atoms with van der Waals surface area (Å²) >= 11 is 0. The molecule has 10 nitrogen and oxygen atoms in total. The Balaban J connectivity index is 1.48. The lowest BCUT2D eigenvalue weighted by Crippen LogP contribution is -2.25. The SMILES string of the molecule is CNC(=O)COc1cccc(Nc2ncc(F)c(Nc3ccc4c(c3)NC(=O)CO4)n2)c1. The lowest BCUT2D eigenvalue weighted by atomic mass is 10.2. The Kier molecular flexibility index (Phi) is 5.97. The van der Waals surface area contributed by atoms with E-state index in [0.29, 0.717) is 28.6 Å². The molecule has 0 bridgehead atoms. The van der Waals surface area contributed by atoms with Crippen molar-refractivity contribution < 1.29 is 23.5 Å². The summed E-state index contributed by atoms with van der Waals surface area (Å²) in [5.41, 5.74) is 1.57. The molecule has 0 spiro atoms. The highest BCUT2D eigenvalue weighted by Crippen LogP contribution is 2.32. The summed E-state index contributed by atoms with van der Waals surface area (Å²) in [6.45, 7) is -0.166. The first-order valence-electron chi connectivity index (χ1n) is 9.57. The van der Waals surface area contributed by atoms with Crippen LogP contribution in [0.25, 0.3) is 0 Å². The maximum absolute atomic E-state index is 14.3. The molecule has 2 heterocycles. The van der Waals surface area contributed by atoms with Gasteiger partial charge in [-0.3, -0.25) is 9.59 Å². The van der Waals surface area contributed by atoms with Crippen molar-refractivity contribution in [2.24, 2.45) is 0 Å². The Morgan fingerprint density at radius 3 is 2.91 bits per heavy atom. The first-order chi connectivity index (χ1) is 15.5. The van der Waals surface area contributed by atoms with E-state index in [1.165, 1.54) is 7.05 Å². The summed E-state index contributed by atoms with van der Waals surface area (Å²) in [5, 5.41) is 11.0. The average Bonchev–Trinajstić information content (AvgIpc) is 2.79. The van der Waals surface area contributed by atoms with Crippen molar-refractivity contribution in [2.75, 3.05) is 36.2 Å². The van der Waals surface area contributed by atoms with Crippen LogP contribution in [0.1, 0.15) is 0 Å². The van der Waals surface area contributed by atoms with Crippen molar-refractivity contribution in [3.8, 4) is 11.5 Å². The predicted octanol–water partition coefficient (Wildman–Crippen LogP) is 2.56. The lowest BCUT2D eigenvalue weighted by Gasteiger charge is -2.19. The van der Waals surface area contributed by atoms with Gasteiger partial charge in [-0.15, -0.1) is 0 Å². The van der Waals surface area contributed by atoms with Crippen molar-refractivity contribution in [1.82, 2.24) is 15.3 Å². The largest absolute Gasteiger partial charge is 0.484 e. The number of ether oxygens (including phenoxy) is 2. The van der Waals surface area contributed by atoms with Crippen LogP contribution in [-0.4, -0.2) is 42.0 Å². The fourth-order valence-electron chi connectivity index (χ4n) is 2.83. The van der Waals surface area contributed by atoms with E-state index >= 15 is 0 Å². The molecular formula is C21H19FN6O4. The van der Waals surface area contributed by atoms with Gasteiger partial charge in [0.05, 0.1) is 11.9 Å². The molecule has 4 rings (SSSR count). The number of fused-ring (bicyclic) bond motifs is 1. The summed E-state index contributed by atoms with van der Waals surface area (Å²) in [4.78, 5) is 31.0. The second-order valence-corrected chi connectivity index (χ2v) is 6.68. The standard InChI is InChI=1S/C21H19FN6O4/c1-23-18(29)10-31-14-4-2-3-12(7-14)26-21-24-9-15(22)20(28-21)25-13-5-6-17-16(8-13)27-19(30)11-32-17/h2-9H,10-11H2,1H3,(H,23,29)(H,27,30)(H2,24,25,26,28). The normalized spacial score (nSPS) is 12.1. The van der Waals surface area contributed by atoms with Crippen LogP contribution in [0.5, 0.6) is 11.5 Å². The molecule has 0 fully saturated rings. The minimum absolute atomic E-state index is 0.0482. The minimum Gasteiger partial charge on any atom is -0.484 e. The van der Waals surface area contributed by atoms with Gasteiger partial charge >= 0.3 is 0 Å². The van der Waals surface area contributed by atoms with E-state index in [1.807, 2.05) is 0 Å². The number of halogens is 1. The number of hydrogen-bond acceptors (Lipinski definition) is 8. The molecule has 0 unspecified atom stereocenters. The van der Waals surface area contributed by atoms with Gasteiger partial charge in [-0.25, -0.2) is 9.37 Å². The zero-order valence-electron chi connectivity index (χ0n) is 16.9. The smallest absolute Gasteiger partial charge is 0.262 e. The number of benzene rings is 2. The van der Waals surface area contributed by atoms with Gasteiger partial charge in [0.25, 0.3) is 11.8 Å². The van der Waals surface area contributed by atoms with E-state index in [9.17, 15) is 14.0 Å². The Morgan fingerprint density at radius 2 is 2.06 bits per heavy atom. The maximum atomic E-state index is 14.3. The summed E-state index contributed by atoms with van der Waals surface area (Å²) < 4.78 is 25.0. The quantitative estimate of drug-likeness (QED) is 0.443. The molecule has 0 atom stereocenters. The third-order valence-corrected chi connectivity index (χ3v) is 4.36. The third kappa shape index (κ3) is 5.01. The molecule has 1 aliphatic rings. The van der Waals surface area contributed by atoms with Crippen molar-refractivity contribution in [2.45, 2.75) is 0 Å². The molecule has 0 aliphatic carbocycles. The van der Waals surface area contributed by atoms with Gasteiger partial charge in [0.1, 0.15) is 11.5 Å². The number of rotatable bonds is 7. The van der Waals surface area contributed by atoms with Gasteiger partial charge in [0, 0.05) is 24.5 Å². The number of anilines is 5. The molecule has 3 aromatic rings. The highest BCUT2D eigenvalue weighted by Gasteiger charge is 2.17. The third-order valence-electron chi connectivity index (χ3n) is 4.36. The molecule has 4 N–H and O–H groups in total. The number of aromatic nitrogens is 2. The summed E-state index contributed by atoms with van der Waals surface area (Å²) in [5.74, 6) is -0.0950. The van der Waals surface area contributed by atoms with Crippen LogP contribution in [0, 0.1) is 5.82 Å². The summed E-state index contributed by atoms with van der Waals surface area (Å²) in [6, 6.07) is 11.8. The van der Waals surface area contributed by atoms with Gasteiger partial charge in [-0.1, -0.05) is 6.07 Å². The fourth-order valence-corrected chi connectivity index (χ4v) is 2.83. The lowest BCUT2D eigenvalue weighted by molar-refractivity contribution is -0.122. The van der Waals surface area contributed by atoms with E-state index in [4.69, 9.17) is 9.47 Å². The van der Waals surface area contributed by atoms with Crippen LogP contribution >= 0.6 is 0 Å². The Bertz CT molecular complexity index is 1170. The molecule has 0 radical (unpaired) electrons. The van der Waals surface area contributed by atoms with Gasteiger partial charge < -0.3 is 30.7 Å². The van der Waals surface area contributed by atoms with Gasteiger partial charge in [-0.05, 0) is 30.3 Å². The Morgan fingerprint density at radius 1 is 1.22 bits per heavy atom. The molecule has 164 valence electrons. The zero-order valence-corrected chi connectivity index (χ0v) is 16.9. The highest BCUT2D eigenvalue weighted by atomic mass is 19.1. The predicted molar refractivity (Wildman–Crippen MR) is 115 cm³/mol. The summed E-state index contributed by atoms with van der Waals surface area (Å²) in [6.07, 6.45) is 1.03. The number of carbonyl (C=O) groups excluding carboxylic acids is 2. The van der Waals surface area contributed by atoms with E-state index in [1.54, 1.807) is 42.5 Å². The van der Waals surface area contributed by atoms with Crippen molar-refractivity contribution >= 4 is 40.6 Å². The molecule has 1 aliphatic heterocycles. The molecule has 32 heavy (non-hydrogen) atoms. The van der Waals surface area contributed by atoms with Gasteiger partial charge in [0.2, 0.25) is 5.95 Å². The summed E-state index contributed by atoms with van der Waals surface area (Å²) in [7, 11) is 1.52. The monoisotopic (exact) mass is 438 g/mol. The highest BCUT2D eigenvalue weighted by molar-refractivity contribution is 5.96. The number of likely N-dealkylation sites (N-methyl/N-ethyl adjacent to an activating group) is 1. The van der Waals surface area contributed by atoms with E-state index < -0.39 is 5.82 Å². The molecule has 2 amide bonds. The van der Waals surface area contributed by atoms with Crippen molar-refractivity contribution in [3.63, 3.8) is 0 Å². The molecule has 1 aromatic heterocycles. The van der Waals surface area contributed by atoms with Crippen LogP contribution < -0.4 is 30.7 Å². The van der Waals surface area contributed by atoms with Gasteiger partial charge in [-0.2, -0.15) is 4.98 Å². The maximum Gasteiger partial charge on any atom is 0.262 e. The first kappa shape index (κ1) is 20.8. The number of hydrogen-bond donors (Lipinski definition) is 4. The molecule has 2 aromatic carbocycles. The number of nitrogens with one attached hydrogen (secondary N) is 4. The molecule has 0 saturated carbocycles. The Hall–Kier alpha value is -4.41. The Labute approximate surface area is 182 Å². The van der Waals surface area contributed by atoms with Gasteiger partial charge in [0.15, 0.2) is 24.8 Å². The first-order valence-corrected chi connectivity index (χ1v) is 9.57. The van der Waals surface area contributed by atoms with Crippen LogP contribution in [0.2, 0.25) is 0 Å². The number of nitrogens with zero attached hydrogens (tertiary/aromatic N) is 2. The molecular weight excluding hydrogens is 419 g/mol. The zero-order chi connectivity index (χ0) is 22.5. The van der Waals surface area contributed by atoms with E-state index in [-0.39, 0.29) is 36.8 Å². The second kappa shape index (κ2) is 9.16. The molecule has 0 saturated heterocycles. The van der Waals surface area contributed by atoms with Crippen LogP contribution in [0.4, 0.5) is 33.2 Å². The van der Waals surface area contributed by atoms with Crippen LogP contribution in [0.3, 0.4) is 0 Å². The topological polar surface area (TPSA) is 126 Å².